The zero-order chi connectivity index (χ0) is 14.9. The van der Waals surface area contributed by atoms with Crippen LogP contribution in [0.15, 0.2) is 41.3 Å². The third-order valence-electron chi connectivity index (χ3n) is 2.53. The maximum atomic E-state index is 13.5. The molecule has 0 fully saturated rings. The van der Waals surface area contributed by atoms with E-state index in [1.165, 1.54) is 24.3 Å². The van der Waals surface area contributed by atoms with Crippen molar-refractivity contribution in [3.8, 4) is 0 Å². The Bertz CT molecular complexity index is 763. The van der Waals surface area contributed by atoms with Gasteiger partial charge in [-0.2, -0.15) is 0 Å². The summed E-state index contributed by atoms with van der Waals surface area (Å²) in [4.78, 5) is -0.220. The highest BCUT2D eigenvalue weighted by atomic mass is 32.2. The lowest BCUT2D eigenvalue weighted by Crippen LogP contribution is -2.14. The van der Waals surface area contributed by atoms with E-state index in [4.69, 9.17) is 10.9 Å². The van der Waals surface area contributed by atoms with E-state index >= 15 is 0 Å². The van der Waals surface area contributed by atoms with Gasteiger partial charge in [0.1, 0.15) is 16.5 Å². The summed E-state index contributed by atoms with van der Waals surface area (Å²) in [6, 6.07) is 6.90. The fourth-order valence-electron chi connectivity index (χ4n) is 1.63. The molecule has 0 spiro atoms. The number of hydrogen-bond donors (Lipinski definition) is 3. The molecule has 5 N–H and O–H groups in total. The molecule has 0 aliphatic heterocycles. The average molecular weight is 299 g/mol. The SMILES string of the molecule is Nc1cc(Nc2ccc(F)cc2F)ccc1S(N)(=O)=O. The zero-order valence-corrected chi connectivity index (χ0v) is 10.9. The van der Waals surface area contributed by atoms with Gasteiger partial charge in [0.2, 0.25) is 10.0 Å². The van der Waals surface area contributed by atoms with Crippen molar-refractivity contribution in [2.45, 2.75) is 4.90 Å². The maximum Gasteiger partial charge on any atom is 0.240 e. The van der Waals surface area contributed by atoms with Gasteiger partial charge in [-0.3, -0.25) is 0 Å². The predicted molar refractivity (Wildman–Crippen MR) is 71.9 cm³/mol. The third kappa shape index (κ3) is 3.03. The standard InChI is InChI=1S/C12H11F2N3O2S/c13-7-1-3-11(9(14)5-7)17-8-2-4-12(10(15)6-8)20(16,18)19/h1-6,17H,15H2,(H2,16,18,19). The summed E-state index contributed by atoms with van der Waals surface area (Å²) in [7, 11) is -3.91. The molecule has 0 saturated heterocycles. The Morgan fingerprint density at radius 1 is 1.05 bits per heavy atom. The first-order valence-corrected chi connectivity index (χ1v) is 6.96. The molecule has 0 bridgehead atoms. The molecule has 8 heteroatoms. The van der Waals surface area contributed by atoms with E-state index in [2.05, 4.69) is 5.32 Å². The van der Waals surface area contributed by atoms with Gasteiger partial charge in [-0.05, 0) is 30.3 Å². The van der Waals surface area contributed by atoms with Gasteiger partial charge in [-0.25, -0.2) is 22.3 Å². The number of halogens is 2. The number of nitrogens with one attached hydrogen (secondary N) is 1. The molecule has 106 valence electrons. The minimum absolute atomic E-state index is 0.0363. The minimum Gasteiger partial charge on any atom is -0.398 e. The molecule has 0 atom stereocenters. The van der Waals surface area contributed by atoms with Gasteiger partial charge in [0.15, 0.2) is 0 Å². The Kier molecular flexibility index (Phi) is 3.60. The normalized spacial score (nSPS) is 11.3. The van der Waals surface area contributed by atoms with Gasteiger partial charge in [-0.15, -0.1) is 0 Å². The van der Waals surface area contributed by atoms with Crippen molar-refractivity contribution in [1.82, 2.24) is 0 Å². The Balaban J connectivity index is 2.34. The largest absolute Gasteiger partial charge is 0.398 e. The minimum atomic E-state index is -3.91. The molecule has 0 aromatic heterocycles. The van der Waals surface area contributed by atoms with E-state index in [-0.39, 0.29) is 16.3 Å². The van der Waals surface area contributed by atoms with Crippen molar-refractivity contribution in [1.29, 1.82) is 0 Å². The van der Waals surface area contributed by atoms with Crippen LogP contribution in [0.25, 0.3) is 0 Å². The summed E-state index contributed by atoms with van der Waals surface area (Å²) in [5, 5.41) is 7.63. The quantitative estimate of drug-likeness (QED) is 0.754. The summed E-state index contributed by atoms with van der Waals surface area (Å²) >= 11 is 0. The van der Waals surface area contributed by atoms with E-state index in [0.29, 0.717) is 5.69 Å². The Morgan fingerprint density at radius 2 is 1.75 bits per heavy atom. The van der Waals surface area contributed by atoms with Crippen molar-refractivity contribution in [2.24, 2.45) is 5.14 Å². The van der Waals surface area contributed by atoms with E-state index in [1.54, 1.807) is 0 Å². The number of sulfonamides is 1. The van der Waals surface area contributed by atoms with Crippen molar-refractivity contribution in [2.75, 3.05) is 11.1 Å². The molecule has 20 heavy (non-hydrogen) atoms. The smallest absolute Gasteiger partial charge is 0.240 e. The lowest BCUT2D eigenvalue weighted by molar-refractivity contribution is 0.586. The highest BCUT2D eigenvalue weighted by molar-refractivity contribution is 7.89. The van der Waals surface area contributed by atoms with Crippen LogP contribution in [-0.4, -0.2) is 8.42 Å². The van der Waals surface area contributed by atoms with Crippen LogP contribution in [0.3, 0.4) is 0 Å². The van der Waals surface area contributed by atoms with Crippen LogP contribution in [0.2, 0.25) is 0 Å². The molecular weight excluding hydrogens is 288 g/mol. The molecule has 2 rings (SSSR count). The molecule has 5 nitrogen and oxygen atoms in total. The second-order valence-corrected chi connectivity index (χ2v) is 5.58. The van der Waals surface area contributed by atoms with E-state index in [1.807, 2.05) is 0 Å². The van der Waals surface area contributed by atoms with Gasteiger partial charge in [-0.1, -0.05) is 0 Å². The van der Waals surface area contributed by atoms with E-state index in [9.17, 15) is 17.2 Å². The molecule has 0 heterocycles. The van der Waals surface area contributed by atoms with Crippen molar-refractivity contribution < 1.29 is 17.2 Å². The number of nitrogen functional groups attached to an aromatic ring is 1. The molecule has 0 radical (unpaired) electrons. The topological polar surface area (TPSA) is 98.2 Å². The zero-order valence-electron chi connectivity index (χ0n) is 10.1. The number of primary sulfonamides is 1. The van der Waals surface area contributed by atoms with Crippen molar-refractivity contribution in [3.05, 3.63) is 48.0 Å². The lowest BCUT2D eigenvalue weighted by Gasteiger charge is -2.10. The van der Waals surface area contributed by atoms with Crippen LogP contribution in [0, 0.1) is 11.6 Å². The Hall–Kier alpha value is -2.19. The molecule has 0 aliphatic rings. The molecule has 2 aromatic carbocycles. The fourth-order valence-corrected chi connectivity index (χ4v) is 2.28. The Morgan fingerprint density at radius 3 is 2.30 bits per heavy atom. The van der Waals surface area contributed by atoms with Gasteiger partial charge < -0.3 is 11.1 Å². The number of anilines is 3. The summed E-state index contributed by atoms with van der Waals surface area (Å²) < 4.78 is 48.6. The predicted octanol–water partition coefficient (Wildman–Crippen LogP) is 1.94. The molecule has 2 aromatic rings. The van der Waals surface area contributed by atoms with Gasteiger partial charge in [0.25, 0.3) is 0 Å². The highest BCUT2D eigenvalue weighted by Crippen LogP contribution is 2.25. The summed E-state index contributed by atoms with van der Waals surface area (Å²) in [6.45, 7) is 0. The second kappa shape index (κ2) is 5.06. The maximum absolute atomic E-state index is 13.5. The van der Waals surface area contributed by atoms with Crippen LogP contribution >= 0.6 is 0 Å². The first kappa shape index (κ1) is 14.2. The molecular formula is C12H11F2N3O2S. The summed E-state index contributed by atoms with van der Waals surface area (Å²) in [5.74, 6) is -1.48. The number of benzene rings is 2. The van der Waals surface area contributed by atoms with Crippen LogP contribution in [0.5, 0.6) is 0 Å². The number of rotatable bonds is 3. The van der Waals surface area contributed by atoms with Crippen LogP contribution in [-0.2, 0) is 10.0 Å². The first-order chi connectivity index (χ1) is 9.27. The molecule has 0 saturated carbocycles. The lowest BCUT2D eigenvalue weighted by atomic mass is 10.2. The molecule has 0 unspecified atom stereocenters. The fraction of sp³-hybridized carbons (Fsp3) is 0. The van der Waals surface area contributed by atoms with E-state index < -0.39 is 21.7 Å². The Labute approximate surface area is 114 Å². The van der Waals surface area contributed by atoms with E-state index in [0.717, 1.165) is 12.1 Å². The van der Waals surface area contributed by atoms with Crippen molar-refractivity contribution in [3.63, 3.8) is 0 Å². The number of hydrogen-bond acceptors (Lipinski definition) is 4. The first-order valence-electron chi connectivity index (χ1n) is 5.42. The van der Waals surface area contributed by atoms with Gasteiger partial charge in [0.05, 0.1) is 11.4 Å². The summed E-state index contributed by atoms with van der Waals surface area (Å²) in [5.41, 5.74) is 5.88. The molecule has 0 amide bonds. The summed E-state index contributed by atoms with van der Waals surface area (Å²) in [6.07, 6.45) is 0. The van der Waals surface area contributed by atoms with Crippen molar-refractivity contribution >= 4 is 27.1 Å². The average Bonchev–Trinajstić information content (AvgIpc) is 2.31. The third-order valence-corrected chi connectivity index (χ3v) is 3.51. The van der Waals surface area contributed by atoms with Crippen LogP contribution < -0.4 is 16.2 Å². The van der Waals surface area contributed by atoms with Crippen LogP contribution in [0.4, 0.5) is 25.8 Å². The van der Waals surface area contributed by atoms with Crippen LogP contribution in [0.1, 0.15) is 0 Å². The van der Waals surface area contributed by atoms with Gasteiger partial charge in [0, 0.05) is 11.8 Å². The molecule has 0 aliphatic carbocycles. The number of nitrogens with two attached hydrogens (primary N) is 2. The highest BCUT2D eigenvalue weighted by Gasteiger charge is 2.13. The second-order valence-electron chi connectivity index (χ2n) is 4.05. The van der Waals surface area contributed by atoms with Gasteiger partial charge >= 0.3 is 0 Å². The monoisotopic (exact) mass is 299 g/mol.